The highest BCUT2D eigenvalue weighted by atomic mass is 16.0. The molecule has 1 saturated heterocycles. The number of fused-ring (bicyclic) bond motifs is 1. The summed E-state index contributed by atoms with van der Waals surface area (Å²) in [5.74, 6) is 0.978. The molecule has 140 valence electrons. The number of hydrogen-bond donors (Lipinski definition) is 1. The van der Waals surface area contributed by atoms with Gasteiger partial charge in [0.05, 0.1) is 11.1 Å². The molecule has 3 rings (SSSR count). The number of hydrogen-bond acceptors (Lipinski definition) is 4. The van der Waals surface area contributed by atoms with E-state index < -0.39 is 0 Å². The Bertz CT molecular complexity index is 637. The smallest absolute Gasteiger partial charge is 0.101 e. The minimum absolute atomic E-state index is 0. The zero-order valence-electron chi connectivity index (χ0n) is 15.7. The van der Waals surface area contributed by atoms with Gasteiger partial charge in [-0.2, -0.15) is 5.26 Å². The summed E-state index contributed by atoms with van der Waals surface area (Å²) in [5.41, 5.74) is 7.62. The van der Waals surface area contributed by atoms with E-state index in [9.17, 15) is 0 Å². The number of nitrogens with two attached hydrogens (primary N) is 1. The summed E-state index contributed by atoms with van der Waals surface area (Å²) in [6, 6.07) is 9.15. The van der Waals surface area contributed by atoms with Crippen molar-refractivity contribution in [1.82, 2.24) is 9.88 Å². The summed E-state index contributed by atoms with van der Waals surface area (Å²) < 4.78 is 0. The lowest BCUT2D eigenvalue weighted by molar-refractivity contribution is 0.230. The molecule has 0 amide bonds. The second kappa shape index (κ2) is 13.1. The molecule has 0 spiro atoms. The SMILES string of the molecule is CC.CC1CCN(C)CC1.N#Cc1ccc(N)c2cccnc12.O.O. The van der Waals surface area contributed by atoms with E-state index in [1.807, 2.05) is 19.9 Å². The molecule has 1 aliphatic heterocycles. The Kier molecular flexibility index (Phi) is 13.2. The van der Waals surface area contributed by atoms with Gasteiger partial charge in [0.15, 0.2) is 0 Å². The van der Waals surface area contributed by atoms with Crippen LogP contribution < -0.4 is 5.73 Å². The third kappa shape index (κ3) is 7.48. The van der Waals surface area contributed by atoms with Gasteiger partial charge in [0, 0.05) is 17.3 Å². The number of nitrogens with zero attached hydrogens (tertiary/aromatic N) is 3. The van der Waals surface area contributed by atoms with Gasteiger partial charge < -0.3 is 21.6 Å². The molecular formula is C19H32N4O2. The van der Waals surface area contributed by atoms with E-state index in [1.54, 1.807) is 24.4 Å². The van der Waals surface area contributed by atoms with Crippen LogP contribution in [0.25, 0.3) is 10.9 Å². The number of benzene rings is 1. The predicted molar refractivity (Wildman–Crippen MR) is 105 cm³/mol. The van der Waals surface area contributed by atoms with Crippen molar-refractivity contribution in [2.24, 2.45) is 5.92 Å². The van der Waals surface area contributed by atoms with E-state index >= 15 is 0 Å². The standard InChI is InChI=1S/C10H7N3.C7H15N.C2H6.2H2O/c11-6-7-3-4-9(12)8-2-1-5-13-10(7)8;1-7-3-5-8(2)6-4-7;1-2;;/h1-5H,12H2;7H,3-6H2,1-2H3;1-2H3;2*1H2. The summed E-state index contributed by atoms with van der Waals surface area (Å²) in [5, 5.41) is 9.63. The fraction of sp³-hybridized carbons (Fsp3) is 0.474. The molecule has 1 aromatic heterocycles. The minimum Gasteiger partial charge on any atom is -0.412 e. The van der Waals surface area contributed by atoms with Gasteiger partial charge in [-0.25, -0.2) is 0 Å². The molecule has 6 nitrogen and oxygen atoms in total. The number of likely N-dealkylation sites (tertiary alicyclic amines) is 1. The lowest BCUT2D eigenvalue weighted by Crippen LogP contribution is -2.28. The molecule has 0 atom stereocenters. The number of anilines is 1. The van der Waals surface area contributed by atoms with E-state index in [1.165, 1.54) is 25.9 Å². The van der Waals surface area contributed by atoms with E-state index in [0.29, 0.717) is 16.8 Å². The number of nitrogen functional groups attached to an aromatic ring is 1. The molecule has 25 heavy (non-hydrogen) atoms. The third-order valence-electron chi connectivity index (χ3n) is 3.93. The zero-order valence-corrected chi connectivity index (χ0v) is 15.7. The highest BCUT2D eigenvalue weighted by Gasteiger charge is 2.10. The normalized spacial score (nSPS) is 13.7. The Hall–Kier alpha value is -2.20. The minimum atomic E-state index is 0. The van der Waals surface area contributed by atoms with Crippen molar-refractivity contribution in [3.63, 3.8) is 0 Å². The van der Waals surface area contributed by atoms with Gasteiger partial charge in [-0.05, 0) is 63.2 Å². The predicted octanol–water partition coefficient (Wildman–Crippen LogP) is 2.41. The highest BCUT2D eigenvalue weighted by molar-refractivity contribution is 5.93. The van der Waals surface area contributed by atoms with Crippen LogP contribution in [0.1, 0.15) is 39.2 Å². The number of piperidine rings is 1. The largest absolute Gasteiger partial charge is 0.412 e. The first-order valence-electron chi connectivity index (χ1n) is 8.33. The fourth-order valence-electron chi connectivity index (χ4n) is 2.42. The highest BCUT2D eigenvalue weighted by Crippen LogP contribution is 2.21. The van der Waals surface area contributed by atoms with Crippen molar-refractivity contribution in [2.45, 2.75) is 33.6 Å². The van der Waals surface area contributed by atoms with Gasteiger partial charge in [0.1, 0.15) is 6.07 Å². The first-order chi connectivity index (χ1) is 11.1. The maximum absolute atomic E-state index is 8.80. The van der Waals surface area contributed by atoms with Crippen LogP contribution in [0.15, 0.2) is 30.5 Å². The second-order valence-electron chi connectivity index (χ2n) is 5.70. The van der Waals surface area contributed by atoms with E-state index in [4.69, 9.17) is 11.0 Å². The van der Waals surface area contributed by atoms with Crippen LogP contribution in [0.5, 0.6) is 0 Å². The summed E-state index contributed by atoms with van der Waals surface area (Å²) >= 11 is 0. The molecule has 1 aliphatic rings. The monoisotopic (exact) mass is 348 g/mol. The fourth-order valence-corrected chi connectivity index (χ4v) is 2.42. The van der Waals surface area contributed by atoms with Crippen LogP contribution in [-0.2, 0) is 0 Å². The molecule has 2 heterocycles. The summed E-state index contributed by atoms with van der Waals surface area (Å²) in [7, 11) is 2.20. The molecule has 1 fully saturated rings. The van der Waals surface area contributed by atoms with Crippen LogP contribution in [0, 0.1) is 17.2 Å². The second-order valence-corrected chi connectivity index (χ2v) is 5.70. The van der Waals surface area contributed by atoms with E-state index in [0.717, 1.165) is 11.3 Å². The van der Waals surface area contributed by atoms with E-state index in [-0.39, 0.29) is 11.0 Å². The molecule has 1 aromatic carbocycles. The number of pyridine rings is 1. The van der Waals surface area contributed by atoms with Gasteiger partial charge >= 0.3 is 0 Å². The van der Waals surface area contributed by atoms with Crippen LogP contribution in [-0.4, -0.2) is 41.0 Å². The molecule has 0 saturated carbocycles. The molecule has 6 heteroatoms. The van der Waals surface area contributed by atoms with Crippen molar-refractivity contribution in [3.8, 4) is 6.07 Å². The Morgan fingerprint density at radius 3 is 2.28 bits per heavy atom. The van der Waals surface area contributed by atoms with E-state index in [2.05, 4.69) is 29.9 Å². The first-order valence-corrected chi connectivity index (χ1v) is 8.33. The van der Waals surface area contributed by atoms with Crippen LogP contribution in [0.3, 0.4) is 0 Å². The third-order valence-corrected chi connectivity index (χ3v) is 3.93. The lowest BCUT2D eigenvalue weighted by atomic mass is 10.00. The number of nitriles is 1. The van der Waals surface area contributed by atoms with Crippen molar-refractivity contribution in [1.29, 1.82) is 5.26 Å². The van der Waals surface area contributed by atoms with Crippen LogP contribution in [0.4, 0.5) is 5.69 Å². The van der Waals surface area contributed by atoms with Crippen molar-refractivity contribution in [2.75, 3.05) is 25.9 Å². The Labute approximate surface area is 150 Å². The van der Waals surface area contributed by atoms with Crippen molar-refractivity contribution >= 4 is 16.6 Å². The Balaban J connectivity index is 0. The molecule has 0 aliphatic carbocycles. The molecule has 0 radical (unpaired) electrons. The zero-order chi connectivity index (χ0) is 17.2. The van der Waals surface area contributed by atoms with Crippen molar-refractivity contribution < 1.29 is 11.0 Å². The van der Waals surface area contributed by atoms with Gasteiger partial charge in [0.2, 0.25) is 0 Å². The molecule has 0 unspecified atom stereocenters. The maximum Gasteiger partial charge on any atom is 0.101 e. The molecule has 2 aromatic rings. The maximum atomic E-state index is 8.80. The van der Waals surface area contributed by atoms with Gasteiger partial charge in [0.25, 0.3) is 0 Å². The summed E-state index contributed by atoms with van der Waals surface area (Å²) in [6.07, 6.45) is 4.45. The van der Waals surface area contributed by atoms with Gasteiger partial charge in [-0.1, -0.05) is 20.8 Å². The van der Waals surface area contributed by atoms with Gasteiger partial charge in [-0.3, -0.25) is 4.98 Å². The topological polar surface area (TPSA) is 129 Å². The average molecular weight is 348 g/mol. The number of rotatable bonds is 0. The average Bonchev–Trinajstić information content (AvgIpc) is 2.61. The summed E-state index contributed by atoms with van der Waals surface area (Å²) in [6.45, 7) is 8.95. The first kappa shape index (κ1) is 25.0. The molecule has 6 N–H and O–H groups in total. The van der Waals surface area contributed by atoms with Crippen LogP contribution in [0.2, 0.25) is 0 Å². The molecular weight excluding hydrogens is 316 g/mol. The number of aromatic nitrogens is 1. The molecule has 0 bridgehead atoms. The Morgan fingerprint density at radius 1 is 1.16 bits per heavy atom. The quantitative estimate of drug-likeness (QED) is 0.733. The van der Waals surface area contributed by atoms with Crippen molar-refractivity contribution in [3.05, 3.63) is 36.0 Å². The van der Waals surface area contributed by atoms with Crippen LogP contribution >= 0.6 is 0 Å². The van der Waals surface area contributed by atoms with Gasteiger partial charge in [-0.15, -0.1) is 0 Å². The Morgan fingerprint density at radius 2 is 1.76 bits per heavy atom. The lowest BCUT2D eigenvalue weighted by Gasteiger charge is -2.26. The summed E-state index contributed by atoms with van der Waals surface area (Å²) in [4.78, 5) is 6.51.